The van der Waals surface area contributed by atoms with Crippen LogP contribution in [0.25, 0.3) is 0 Å². The zero-order chi connectivity index (χ0) is 9.42. The van der Waals surface area contributed by atoms with Crippen molar-refractivity contribution in [2.45, 2.75) is 18.2 Å². The van der Waals surface area contributed by atoms with Crippen LogP contribution in [0.5, 0.6) is 0 Å². The van der Waals surface area contributed by atoms with E-state index in [0.717, 1.165) is 23.7 Å². The van der Waals surface area contributed by atoms with Crippen molar-refractivity contribution in [3.8, 4) is 0 Å². The Bertz CT molecular complexity index is 338. The standard InChI is InChI=1S/C10H11BrClN/c1-6-2-3-8(12)10-9(6)7(11)4-5-13-10/h2-3,7,13H,4-5H2,1H3. The lowest BCUT2D eigenvalue weighted by molar-refractivity contribution is 0.816. The average molecular weight is 261 g/mol. The summed E-state index contributed by atoms with van der Waals surface area (Å²) in [5, 5.41) is 4.16. The van der Waals surface area contributed by atoms with Gasteiger partial charge in [-0.1, -0.05) is 33.6 Å². The fourth-order valence-electron chi connectivity index (χ4n) is 1.75. The summed E-state index contributed by atoms with van der Waals surface area (Å²) in [5.74, 6) is 0. The summed E-state index contributed by atoms with van der Waals surface area (Å²) >= 11 is 9.77. The zero-order valence-electron chi connectivity index (χ0n) is 7.40. The Morgan fingerprint density at radius 1 is 1.54 bits per heavy atom. The Kier molecular flexibility index (Phi) is 2.52. The molecule has 70 valence electrons. The SMILES string of the molecule is Cc1ccc(Cl)c2c1C(Br)CCN2. The second-order valence-corrected chi connectivity index (χ2v) is 4.85. The highest BCUT2D eigenvalue weighted by molar-refractivity contribution is 9.09. The van der Waals surface area contributed by atoms with Gasteiger partial charge in [0.05, 0.1) is 10.7 Å². The van der Waals surface area contributed by atoms with Crippen LogP contribution in [-0.2, 0) is 0 Å². The molecule has 0 aromatic heterocycles. The third kappa shape index (κ3) is 1.57. The van der Waals surface area contributed by atoms with Crippen molar-refractivity contribution in [2.24, 2.45) is 0 Å². The summed E-state index contributed by atoms with van der Waals surface area (Å²) in [6.07, 6.45) is 1.12. The van der Waals surface area contributed by atoms with E-state index in [0.29, 0.717) is 4.83 Å². The summed E-state index contributed by atoms with van der Waals surface area (Å²) in [7, 11) is 0. The third-order valence-electron chi connectivity index (χ3n) is 2.43. The highest BCUT2D eigenvalue weighted by atomic mass is 79.9. The smallest absolute Gasteiger partial charge is 0.0640 e. The molecule has 0 aliphatic carbocycles. The molecule has 0 saturated heterocycles. The molecule has 1 unspecified atom stereocenters. The average Bonchev–Trinajstić information content (AvgIpc) is 2.12. The van der Waals surface area contributed by atoms with Gasteiger partial charge in [0.15, 0.2) is 0 Å². The lowest BCUT2D eigenvalue weighted by Crippen LogP contribution is -2.15. The fraction of sp³-hybridized carbons (Fsp3) is 0.400. The molecule has 1 aliphatic heterocycles. The number of alkyl halides is 1. The largest absolute Gasteiger partial charge is 0.384 e. The van der Waals surface area contributed by atoms with E-state index >= 15 is 0 Å². The maximum absolute atomic E-state index is 6.10. The van der Waals surface area contributed by atoms with E-state index in [-0.39, 0.29) is 0 Å². The Morgan fingerprint density at radius 3 is 3.00 bits per heavy atom. The second-order valence-electron chi connectivity index (χ2n) is 3.34. The normalized spacial score (nSPS) is 20.7. The summed E-state index contributed by atoms with van der Waals surface area (Å²) in [6.45, 7) is 3.11. The fourth-order valence-corrected chi connectivity index (χ4v) is 2.80. The second kappa shape index (κ2) is 3.50. The summed E-state index contributed by atoms with van der Waals surface area (Å²) in [4.78, 5) is 0.447. The number of aryl methyl sites for hydroxylation is 1. The van der Waals surface area contributed by atoms with E-state index in [1.165, 1.54) is 11.1 Å². The number of anilines is 1. The van der Waals surface area contributed by atoms with E-state index in [2.05, 4.69) is 34.2 Å². The molecule has 0 spiro atoms. The number of rotatable bonds is 0. The lowest BCUT2D eigenvalue weighted by Gasteiger charge is -2.25. The predicted molar refractivity (Wildman–Crippen MR) is 61.0 cm³/mol. The monoisotopic (exact) mass is 259 g/mol. The van der Waals surface area contributed by atoms with Crippen molar-refractivity contribution in [3.63, 3.8) is 0 Å². The molecular formula is C10H11BrClN. The Morgan fingerprint density at radius 2 is 2.31 bits per heavy atom. The third-order valence-corrected chi connectivity index (χ3v) is 3.66. The van der Waals surface area contributed by atoms with Crippen molar-refractivity contribution in [3.05, 3.63) is 28.3 Å². The topological polar surface area (TPSA) is 12.0 Å². The van der Waals surface area contributed by atoms with Crippen LogP contribution in [-0.4, -0.2) is 6.54 Å². The molecule has 0 fully saturated rings. The molecule has 1 aliphatic rings. The molecule has 0 bridgehead atoms. The van der Waals surface area contributed by atoms with Crippen LogP contribution in [0.3, 0.4) is 0 Å². The first-order valence-corrected chi connectivity index (χ1v) is 5.66. The van der Waals surface area contributed by atoms with Gasteiger partial charge in [0.2, 0.25) is 0 Å². The molecule has 13 heavy (non-hydrogen) atoms. The Labute approximate surface area is 91.6 Å². The number of hydrogen-bond donors (Lipinski definition) is 1. The van der Waals surface area contributed by atoms with Gasteiger partial charge < -0.3 is 5.32 Å². The number of fused-ring (bicyclic) bond motifs is 1. The van der Waals surface area contributed by atoms with Crippen LogP contribution in [0.4, 0.5) is 5.69 Å². The van der Waals surface area contributed by atoms with Crippen LogP contribution < -0.4 is 5.32 Å². The van der Waals surface area contributed by atoms with E-state index in [1.807, 2.05) is 6.07 Å². The minimum atomic E-state index is 0.447. The van der Waals surface area contributed by atoms with Crippen molar-refractivity contribution >= 4 is 33.2 Å². The van der Waals surface area contributed by atoms with Crippen molar-refractivity contribution in [1.29, 1.82) is 0 Å². The molecule has 0 amide bonds. The van der Waals surface area contributed by atoms with Gasteiger partial charge in [-0.3, -0.25) is 0 Å². The van der Waals surface area contributed by atoms with Crippen LogP contribution in [0.2, 0.25) is 5.02 Å². The molecule has 1 atom stereocenters. The van der Waals surface area contributed by atoms with Gasteiger partial charge in [0, 0.05) is 11.4 Å². The van der Waals surface area contributed by atoms with Crippen LogP contribution >= 0.6 is 27.5 Å². The van der Waals surface area contributed by atoms with Crippen LogP contribution in [0, 0.1) is 6.92 Å². The van der Waals surface area contributed by atoms with Gasteiger partial charge in [-0.25, -0.2) is 0 Å². The van der Waals surface area contributed by atoms with Gasteiger partial charge >= 0.3 is 0 Å². The maximum Gasteiger partial charge on any atom is 0.0640 e. The number of nitrogens with one attached hydrogen (secondary N) is 1. The van der Waals surface area contributed by atoms with Crippen molar-refractivity contribution in [2.75, 3.05) is 11.9 Å². The first kappa shape index (κ1) is 9.35. The number of benzene rings is 1. The molecule has 2 rings (SSSR count). The van der Waals surface area contributed by atoms with Crippen LogP contribution in [0.1, 0.15) is 22.4 Å². The van der Waals surface area contributed by atoms with Gasteiger partial charge in [0.25, 0.3) is 0 Å². The lowest BCUT2D eigenvalue weighted by atomic mass is 9.98. The van der Waals surface area contributed by atoms with Crippen LogP contribution in [0.15, 0.2) is 12.1 Å². The Balaban J connectivity index is 2.60. The molecule has 1 N–H and O–H groups in total. The van der Waals surface area contributed by atoms with Gasteiger partial charge in [-0.05, 0) is 30.5 Å². The molecule has 1 aromatic carbocycles. The number of halogens is 2. The molecule has 0 radical (unpaired) electrons. The molecule has 1 nitrogen and oxygen atoms in total. The molecule has 1 aromatic rings. The minimum absolute atomic E-state index is 0.447. The molecular weight excluding hydrogens is 249 g/mol. The predicted octanol–water partition coefficient (Wildman–Crippen LogP) is 3.90. The quantitative estimate of drug-likeness (QED) is 0.698. The van der Waals surface area contributed by atoms with E-state index in [1.54, 1.807) is 0 Å². The zero-order valence-corrected chi connectivity index (χ0v) is 9.74. The highest BCUT2D eigenvalue weighted by Gasteiger charge is 2.21. The summed E-state index contributed by atoms with van der Waals surface area (Å²) in [5.41, 5.74) is 3.72. The van der Waals surface area contributed by atoms with Gasteiger partial charge in [-0.2, -0.15) is 0 Å². The molecule has 3 heteroatoms. The molecule has 0 saturated carbocycles. The summed E-state index contributed by atoms with van der Waals surface area (Å²) < 4.78 is 0. The van der Waals surface area contributed by atoms with Crippen molar-refractivity contribution in [1.82, 2.24) is 0 Å². The summed E-state index contributed by atoms with van der Waals surface area (Å²) in [6, 6.07) is 4.02. The van der Waals surface area contributed by atoms with E-state index in [9.17, 15) is 0 Å². The van der Waals surface area contributed by atoms with Gasteiger partial charge in [0.1, 0.15) is 0 Å². The maximum atomic E-state index is 6.10. The minimum Gasteiger partial charge on any atom is -0.384 e. The first-order chi connectivity index (χ1) is 6.20. The van der Waals surface area contributed by atoms with E-state index in [4.69, 9.17) is 11.6 Å². The molecule has 1 heterocycles. The Hall–Kier alpha value is -0.210. The van der Waals surface area contributed by atoms with E-state index < -0.39 is 0 Å². The van der Waals surface area contributed by atoms with Crippen molar-refractivity contribution < 1.29 is 0 Å². The number of hydrogen-bond acceptors (Lipinski definition) is 1. The highest BCUT2D eigenvalue weighted by Crippen LogP contribution is 2.41. The van der Waals surface area contributed by atoms with Gasteiger partial charge in [-0.15, -0.1) is 0 Å². The first-order valence-electron chi connectivity index (χ1n) is 4.37.